The highest BCUT2D eigenvalue weighted by molar-refractivity contribution is 6.05. The van der Waals surface area contributed by atoms with Crippen LogP contribution < -0.4 is 16.0 Å². The Hall–Kier alpha value is -3.45. The Bertz CT molecular complexity index is 912. The number of allylic oxidation sites excluding steroid dienone is 5. The molecule has 0 aliphatic carbocycles. The van der Waals surface area contributed by atoms with Crippen molar-refractivity contribution in [1.29, 1.82) is 0 Å². The molecular weight excluding hydrogens is 352 g/mol. The van der Waals surface area contributed by atoms with Crippen LogP contribution in [0.25, 0.3) is 0 Å². The molecule has 7 nitrogen and oxygen atoms in total. The number of aromatic nitrogens is 2. The predicted molar refractivity (Wildman–Crippen MR) is 108 cm³/mol. The Kier molecular flexibility index (Phi) is 5.16. The number of nitrogens with zero attached hydrogens (tertiary/aromatic N) is 3. The van der Waals surface area contributed by atoms with Gasteiger partial charge in [-0.15, -0.1) is 5.10 Å². The highest BCUT2D eigenvalue weighted by Gasteiger charge is 2.49. The Morgan fingerprint density at radius 1 is 1.07 bits per heavy atom. The van der Waals surface area contributed by atoms with Crippen molar-refractivity contribution in [2.75, 3.05) is 19.6 Å². The first-order valence-electron chi connectivity index (χ1n) is 9.22. The topological polar surface area (TPSA) is 82.2 Å². The van der Waals surface area contributed by atoms with Crippen LogP contribution in [0.2, 0.25) is 0 Å². The molecule has 0 spiro atoms. The highest BCUT2D eigenvalue weighted by atomic mass is 16.1. The molecule has 0 amide bonds. The van der Waals surface area contributed by atoms with Crippen molar-refractivity contribution in [3.63, 3.8) is 0 Å². The maximum atomic E-state index is 13.9. The lowest BCUT2D eigenvalue weighted by Gasteiger charge is -2.48. The average Bonchev–Trinajstić information content (AvgIpc) is 3.19. The van der Waals surface area contributed by atoms with E-state index < -0.39 is 5.54 Å². The van der Waals surface area contributed by atoms with Gasteiger partial charge in [-0.05, 0) is 48.1 Å². The second kappa shape index (κ2) is 8.06. The number of carbonyl (C=O) groups is 1. The summed E-state index contributed by atoms with van der Waals surface area (Å²) in [6, 6.07) is 3.46. The quantitative estimate of drug-likeness (QED) is 0.687. The molecule has 4 rings (SSSR count). The number of carbonyl (C=O) groups excluding carboxylic acids is 1. The van der Waals surface area contributed by atoms with Crippen LogP contribution in [0.3, 0.4) is 0 Å². The number of hydrogen-bond donors (Lipinski definition) is 3. The molecule has 0 aromatic carbocycles. The van der Waals surface area contributed by atoms with Crippen LogP contribution >= 0.6 is 0 Å². The molecule has 1 saturated heterocycles. The van der Waals surface area contributed by atoms with Crippen LogP contribution in [0.15, 0.2) is 90.9 Å². The van der Waals surface area contributed by atoms with Crippen LogP contribution in [-0.2, 0) is 0 Å². The SMILES string of the molecule is O=C(c1cccnn1)C1(C2=CC=CNC=C2)CNCCN1C1=CC=CNC=C1. The zero-order chi connectivity index (χ0) is 19.2. The number of rotatable bonds is 4. The summed E-state index contributed by atoms with van der Waals surface area (Å²) >= 11 is 0. The number of hydrogen-bond acceptors (Lipinski definition) is 7. The maximum Gasteiger partial charge on any atom is 0.214 e. The van der Waals surface area contributed by atoms with Gasteiger partial charge in [0, 0.05) is 56.3 Å². The molecular formula is C21H22N6O. The van der Waals surface area contributed by atoms with Crippen LogP contribution in [0, 0.1) is 0 Å². The molecule has 7 heteroatoms. The second-order valence-electron chi connectivity index (χ2n) is 6.56. The zero-order valence-corrected chi connectivity index (χ0v) is 15.4. The molecule has 1 aromatic heterocycles. The predicted octanol–water partition coefficient (Wildman–Crippen LogP) is 1.37. The smallest absolute Gasteiger partial charge is 0.214 e. The first-order valence-corrected chi connectivity index (χ1v) is 9.22. The van der Waals surface area contributed by atoms with Crippen molar-refractivity contribution in [1.82, 2.24) is 31.0 Å². The monoisotopic (exact) mass is 374 g/mol. The summed E-state index contributed by atoms with van der Waals surface area (Å²) in [7, 11) is 0. The Morgan fingerprint density at radius 3 is 2.71 bits per heavy atom. The Morgan fingerprint density at radius 2 is 1.89 bits per heavy atom. The first-order chi connectivity index (χ1) is 13.8. The van der Waals surface area contributed by atoms with Crippen molar-refractivity contribution in [2.24, 2.45) is 0 Å². The number of piperazine rings is 1. The lowest BCUT2D eigenvalue weighted by atomic mass is 9.79. The third-order valence-corrected chi connectivity index (χ3v) is 4.96. The van der Waals surface area contributed by atoms with Gasteiger partial charge in [0.05, 0.1) is 0 Å². The van der Waals surface area contributed by atoms with Gasteiger partial charge in [-0.25, -0.2) is 0 Å². The summed E-state index contributed by atoms with van der Waals surface area (Å²) in [4.78, 5) is 16.0. The Labute approximate surface area is 163 Å². The van der Waals surface area contributed by atoms with E-state index in [1.54, 1.807) is 18.3 Å². The summed E-state index contributed by atoms with van der Waals surface area (Å²) in [5.41, 5.74) is 1.23. The summed E-state index contributed by atoms with van der Waals surface area (Å²) in [5, 5.41) is 17.6. The lowest BCUT2D eigenvalue weighted by molar-refractivity contribution is 0.0674. The summed E-state index contributed by atoms with van der Waals surface area (Å²) in [5.74, 6) is -0.0884. The van der Waals surface area contributed by atoms with Crippen LogP contribution in [0.1, 0.15) is 10.5 Å². The van der Waals surface area contributed by atoms with E-state index in [9.17, 15) is 4.79 Å². The van der Waals surface area contributed by atoms with Crippen molar-refractivity contribution in [3.05, 3.63) is 96.5 Å². The van der Waals surface area contributed by atoms with Crippen molar-refractivity contribution >= 4 is 5.78 Å². The minimum Gasteiger partial charge on any atom is -0.368 e. The molecule has 142 valence electrons. The number of ketones is 1. The summed E-state index contributed by atoms with van der Waals surface area (Å²) in [6.45, 7) is 1.93. The van der Waals surface area contributed by atoms with Gasteiger partial charge in [0.25, 0.3) is 0 Å². The van der Waals surface area contributed by atoms with E-state index in [0.29, 0.717) is 18.8 Å². The minimum absolute atomic E-state index is 0.0884. The molecule has 28 heavy (non-hydrogen) atoms. The summed E-state index contributed by atoms with van der Waals surface area (Å²) < 4.78 is 0. The van der Waals surface area contributed by atoms with Crippen LogP contribution in [0.5, 0.6) is 0 Å². The molecule has 3 N–H and O–H groups in total. The van der Waals surface area contributed by atoms with Crippen molar-refractivity contribution < 1.29 is 4.79 Å². The fourth-order valence-corrected chi connectivity index (χ4v) is 3.68. The van der Waals surface area contributed by atoms with Gasteiger partial charge in [-0.3, -0.25) is 4.79 Å². The highest BCUT2D eigenvalue weighted by Crippen LogP contribution is 2.35. The van der Waals surface area contributed by atoms with Crippen molar-refractivity contribution in [2.45, 2.75) is 5.54 Å². The lowest BCUT2D eigenvalue weighted by Crippen LogP contribution is -2.65. The summed E-state index contributed by atoms with van der Waals surface area (Å²) in [6.07, 6.45) is 20.7. The van der Waals surface area contributed by atoms with E-state index in [1.165, 1.54) is 0 Å². The molecule has 1 atom stereocenters. The first kappa shape index (κ1) is 17.9. The van der Waals surface area contributed by atoms with E-state index in [-0.39, 0.29) is 5.78 Å². The molecule has 4 heterocycles. The van der Waals surface area contributed by atoms with Gasteiger partial charge in [0.1, 0.15) is 11.2 Å². The van der Waals surface area contributed by atoms with E-state index in [4.69, 9.17) is 0 Å². The average molecular weight is 374 g/mol. The van der Waals surface area contributed by atoms with Crippen LogP contribution in [-0.4, -0.2) is 46.1 Å². The molecule has 0 saturated carbocycles. The minimum atomic E-state index is -0.949. The third kappa shape index (κ3) is 3.27. The second-order valence-corrected chi connectivity index (χ2v) is 6.56. The van der Waals surface area contributed by atoms with E-state index in [2.05, 4.69) is 31.0 Å². The van der Waals surface area contributed by atoms with E-state index in [0.717, 1.165) is 17.8 Å². The largest absolute Gasteiger partial charge is 0.368 e. The fourth-order valence-electron chi connectivity index (χ4n) is 3.68. The molecule has 3 aliphatic rings. The number of nitrogens with one attached hydrogen (secondary N) is 3. The standard InChI is InChI=1S/C21H22N6O/c28-20(19-6-3-11-25-26-19)21(17-4-1-9-22-12-7-17)16-24-14-15-27(21)18-5-2-10-23-13-8-18/h1-13,22-24H,14-16H2. The van der Waals surface area contributed by atoms with Gasteiger partial charge in [0.15, 0.2) is 0 Å². The van der Waals surface area contributed by atoms with Crippen LogP contribution in [0.4, 0.5) is 0 Å². The Balaban J connectivity index is 1.89. The van der Waals surface area contributed by atoms with Crippen molar-refractivity contribution in [3.8, 4) is 0 Å². The zero-order valence-electron chi connectivity index (χ0n) is 15.4. The van der Waals surface area contributed by atoms with Gasteiger partial charge in [-0.1, -0.05) is 6.08 Å². The maximum absolute atomic E-state index is 13.9. The third-order valence-electron chi connectivity index (χ3n) is 4.96. The van der Waals surface area contributed by atoms with Gasteiger partial charge < -0.3 is 20.9 Å². The fraction of sp³-hybridized carbons (Fsp3) is 0.190. The molecule has 0 bridgehead atoms. The molecule has 1 fully saturated rings. The van der Waals surface area contributed by atoms with Gasteiger partial charge >= 0.3 is 0 Å². The molecule has 1 unspecified atom stereocenters. The molecule has 1 aromatic rings. The number of Topliss-reactive ketones (excluding diaryl/α,β-unsaturated/α-hetero) is 1. The normalized spacial score (nSPS) is 23.8. The molecule has 0 radical (unpaired) electrons. The molecule has 3 aliphatic heterocycles. The van der Waals surface area contributed by atoms with E-state index >= 15 is 0 Å². The van der Waals surface area contributed by atoms with Gasteiger partial charge in [0.2, 0.25) is 5.78 Å². The van der Waals surface area contributed by atoms with Gasteiger partial charge in [-0.2, -0.15) is 5.10 Å². The van der Waals surface area contributed by atoms with E-state index in [1.807, 2.05) is 61.3 Å².